The second-order valence-electron chi connectivity index (χ2n) is 3.97. The minimum Gasteiger partial charge on any atom is -0.375 e. The fraction of sp³-hybridized carbons (Fsp3) is 0.800. The highest BCUT2D eigenvalue weighted by molar-refractivity contribution is 8.00. The Morgan fingerprint density at radius 2 is 2.33 bits per heavy atom. The molecule has 1 aliphatic heterocycles. The van der Waals surface area contributed by atoms with Crippen LogP contribution in [0.15, 0.2) is 5.10 Å². The number of rotatable bonds is 2. The average molecular weight is 245 g/mol. The molecule has 0 aromatic carbocycles. The van der Waals surface area contributed by atoms with E-state index in [1.807, 2.05) is 0 Å². The normalized spacial score (nSPS) is 34.1. The van der Waals surface area contributed by atoms with Gasteiger partial charge in [-0.05, 0) is 25.1 Å². The topological polar surface area (TPSA) is 50.4 Å². The van der Waals surface area contributed by atoms with Gasteiger partial charge in [-0.25, -0.2) is 0 Å². The predicted octanol–water partition coefficient (Wildman–Crippen LogP) is 2.12. The van der Waals surface area contributed by atoms with E-state index in [1.165, 1.54) is 12.1 Å². The molecule has 1 heterocycles. The molecular formula is C10H19N3S2. The van der Waals surface area contributed by atoms with Crippen LogP contribution in [0.4, 0.5) is 0 Å². The van der Waals surface area contributed by atoms with Crippen LogP contribution in [0.25, 0.3) is 0 Å². The van der Waals surface area contributed by atoms with E-state index in [1.54, 1.807) is 0 Å². The molecule has 1 rings (SSSR count). The third-order valence-electron chi connectivity index (χ3n) is 2.70. The molecular weight excluding hydrogens is 226 g/mol. The molecule has 0 saturated carbocycles. The standard InChI is InChI=1S/C10H19N3S2/c1-4-9-7(3)8(5-6(2)15-9)12-13-10(11)14/h6-7,9H,4-5H2,1-3H3,(H3,11,13,14)/b12-8-/t6-,7-,9+/m0/s1. The molecule has 0 aromatic heterocycles. The summed E-state index contributed by atoms with van der Waals surface area (Å²) >= 11 is 6.80. The summed E-state index contributed by atoms with van der Waals surface area (Å²) in [6, 6.07) is 0. The Labute approximate surface area is 101 Å². The van der Waals surface area contributed by atoms with Crippen LogP contribution in [0.1, 0.15) is 33.6 Å². The molecule has 0 unspecified atom stereocenters. The van der Waals surface area contributed by atoms with Gasteiger partial charge in [0.25, 0.3) is 0 Å². The van der Waals surface area contributed by atoms with Gasteiger partial charge in [-0.3, -0.25) is 5.43 Å². The van der Waals surface area contributed by atoms with Crippen molar-refractivity contribution in [2.45, 2.75) is 44.1 Å². The maximum atomic E-state index is 5.36. The number of nitrogens with zero attached hydrogens (tertiary/aromatic N) is 1. The van der Waals surface area contributed by atoms with E-state index in [0.717, 1.165) is 6.42 Å². The lowest BCUT2D eigenvalue weighted by molar-refractivity contribution is 0.645. The number of thioether (sulfide) groups is 1. The van der Waals surface area contributed by atoms with Crippen molar-refractivity contribution >= 4 is 34.8 Å². The lowest BCUT2D eigenvalue weighted by Crippen LogP contribution is -2.35. The van der Waals surface area contributed by atoms with Crippen molar-refractivity contribution in [3.63, 3.8) is 0 Å². The van der Waals surface area contributed by atoms with Crippen molar-refractivity contribution in [3.8, 4) is 0 Å². The van der Waals surface area contributed by atoms with E-state index in [2.05, 4.69) is 43.1 Å². The summed E-state index contributed by atoms with van der Waals surface area (Å²) in [5.74, 6) is 0.512. The Kier molecular flexibility index (Phi) is 4.86. The van der Waals surface area contributed by atoms with E-state index in [-0.39, 0.29) is 5.11 Å². The highest BCUT2D eigenvalue weighted by Gasteiger charge is 2.29. The van der Waals surface area contributed by atoms with Gasteiger partial charge in [0.1, 0.15) is 0 Å². The highest BCUT2D eigenvalue weighted by Crippen LogP contribution is 2.35. The molecule has 3 N–H and O–H groups in total. The Balaban J connectivity index is 2.69. The van der Waals surface area contributed by atoms with Crippen LogP contribution in [0.3, 0.4) is 0 Å². The van der Waals surface area contributed by atoms with E-state index < -0.39 is 0 Å². The van der Waals surface area contributed by atoms with Gasteiger partial charge in [0.2, 0.25) is 0 Å². The zero-order valence-corrected chi connectivity index (χ0v) is 11.1. The van der Waals surface area contributed by atoms with Crippen LogP contribution in [-0.2, 0) is 0 Å². The summed E-state index contributed by atoms with van der Waals surface area (Å²) in [6.45, 7) is 6.70. The molecule has 0 amide bonds. The minimum absolute atomic E-state index is 0.244. The number of hydrogen-bond donors (Lipinski definition) is 2. The first-order valence-corrected chi connectivity index (χ1v) is 6.67. The maximum Gasteiger partial charge on any atom is 0.184 e. The van der Waals surface area contributed by atoms with Crippen molar-refractivity contribution in [1.29, 1.82) is 0 Å². The van der Waals surface area contributed by atoms with Crippen LogP contribution < -0.4 is 11.2 Å². The summed E-state index contributed by atoms with van der Waals surface area (Å²) in [4.78, 5) is 0. The summed E-state index contributed by atoms with van der Waals surface area (Å²) in [5, 5.41) is 5.85. The number of hydrazone groups is 1. The van der Waals surface area contributed by atoms with Gasteiger partial charge >= 0.3 is 0 Å². The smallest absolute Gasteiger partial charge is 0.184 e. The van der Waals surface area contributed by atoms with Gasteiger partial charge < -0.3 is 5.73 Å². The number of nitrogens with one attached hydrogen (secondary N) is 1. The van der Waals surface area contributed by atoms with E-state index >= 15 is 0 Å². The molecule has 0 spiro atoms. The Hall–Kier alpha value is -0.290. The predicted molar refractivity (Wildman–Crippen MR) is 72.3 cm³/mol. The van der Waals surface area contributed by atoms with Crippen LogP contribution in [0.5, 0.6) is 0 Å². The van der Waals surface area contributed by atoms with Crippen molar-refractivity contribution in [1.82, 2.24) is 5.43 Å². The third kappa shape index (κ3) is 3.65. The van der Waals surface area contributed by atoms with Gasteiger partial charge in [0.05, 0.1) is 0 Å². The first kappa shape index (κ1) is 12.8. The Morgan fingerprint density at radius 3 is 2.87 bits per heavy atom. The van der Waals surface area contributed by atoms with Crippen molar-refractivity contribution < 1.29 is 0 Å². The quantitative estimate of drug-likeness (QED) is 0.578. The largest absolute Gasteiger partial charge is 0.375 e. The van der Waals surface area contributed by atoms with Crippen LogP contribution in [-0.4, -0.2) is 21.3 Å². The molecule has 1 aliphatic rings. The van der Waals surface area contributed by atoms with Gasteiger partial charge in [0.15, 0.2) is 5.11 Å². The average Bonchev–Trinajstić information content (AvgIpc) is 2.18. The Morgan fingerprint density at radius 1 is 1.67 bits per heavy atom. The molecule has 0 aromatic rings. The number of nitrogens with two attached hydrogens (primary N) is 1. The molecule has 0 aliphatic carbocycles. The molecule has 0 bridgehead atoms. The van der Waals surface area contributed by atoms with E-state index in [9.17, 15) is 0 Å². The second-order valence-corrected chi connectivity index (χ2v) is 6.09. The van der Waals surface area contributed by atoms with Crippen molar-refractivity contribution in [3.05, 3.63) is 0 Å². The number of thiocarbonyl (C=S) groups is 1. The van der Waals surface area contributed by atoms with Crippen LogP contribution in [0, 0.1) is 5.92 Å². The SMILES string of the molecule is CC[C@H]1S[C@@H](C)C/C(=N/NC(N)=S)[C@@H]1C. The van der Waals surface area contributed by atoms with E-state index in [0.29, 0.717) is 16.4 Å². The molecule has 86 valence electrons. The van der Waals surface area contributed by atoms with Crippen molar-refractivity contribution in [2.24, 2.45) is 16.8 Å². The summed E-state index contributed by atoms with van der Waals surface area (Å²) in [6.07, 6.45) is 2.21. The van der Waals surface area contributed by atoms with Gasteiger partial charge in [0, 0.05) is 22.1 Å². The number of hydrogen-bond acceptors (Lipinski definition) is 3. The molecule has 3 nitrogen and oxygen atoms in total. The lowest BCUT2D eigenvalue weighted by Gasteiger charge is -2.32. The molecule has 0 radical (unpaired) electrons. The molecule has 15 heavy (non-hydrogen) atoms. The minimum atomic E-state index is 0.244. The van der Waals surface area contributed by atoms with Crippen LogP contribution in [0.2, 0.25) is 0 Å². The van der Waals surface area contributed by atoms with Crippen LogP contribution >= 0.6 is 24.0 Å². The molecule has 3 atom stereocenters. The summed E-state index contributed by atoms with van der Waals surface area (Å²) in [5.41, 5.74) is 9.26. The summed E-state index contributed by atoms with van der Waals surface area (Å²) < 4.78 is 0. The van der Waals surface area contributed by atoms with Gasteiger partial charge in [-0.15, -0.1) is 0 Å². The Bertz CT molecular complexity index is 265. The lowest BCUT2D eigenvalue weighted by atomic mass is 9.95. The fourth-order valence-corrected chi connectivity index (χ4v) is 3.38. The van der Waals surface area contributed by atoms with Crippen molar-refractivity contribution in [2.75, 3.05) is 0 Å². The first-order chi connectivity index (χ1) is 7.04. The zero-order chi connectivity index (χ0) is 11.4. The van der Waals surface area contributed by atoms with Gasteiger partial charge in [-0.2, -0.15) is 16.9 Å². The second kappa shape index (κ2) is 5.70. The van der Waals surface area contributed by atoms with E-state index in [4.69, 9.17) is 18.0 Å². The van der Waals surface area contributed by atoms with Gasteiger partial charge in [-0.1, -0.05) is 20.8 Å². The fourth-order valence-electron chi connectivity index (χ4n) is 1.88. The maximum absolute atomic E-state index is 5.36. The zero-order valence-electron chi connectivity index (χ0n) is 9.49. The molecule has 5 heteroatoms. The molecule has 1 fully saturated rings. The monoisotopic (exact) mass is 245 g/mol. The highest BCUT2D eigenvalue weighted by atomic mass is 32.2. The first-order valence-electron chi connectivity index (χ1n) is 5.32. The summed E-state index contributed by atoms with van der Waals surface area (Å²) in [7, 11) is 0. The third-order valence-corrected chi connectivity index (χ3v) is 4.51. The molecule has 1 saturated heterocycles.